The quantitative estimate of drug-likeness (QED) is 0.924. The van der Waals surface area contributed by atoms with Gasteiger partial charge in [-0.15, -0.1) is 0 Å². The number of rotatable bonds is 5. The maximum atomic E-state index is 12.4. The smallest absolute Gasteiger partial charge is 0.255 e. The summed E-state index contributed by atoms with van der Waals surface area (Å²) in [6, 6.07) is 9.18. The molecule has 2 aromatic rings. The zero-order chi connectivity index (χ0) is 15.2. The van der Waals surface area contributed by atoms with Crippen LogP contribution in [0.15, 0.2) is 42.7 Å². The number of carbonyl (C=O) groups is 1. The second-order valence-corrected chi connectivity index (χ2v) is 5.01. The lowest BCUT2D eigenvalue weighted by Gasteiger charge is -2.19. The zero-order valence-electron chi connectivity index (χ0n) is 11.8. The Morgan fingerprint density at radius 3 is 2.57 bits per heavy atom. The van der Waals surface area contributed by atoms with Crippen LogP contribution in [-0.2, 0) is 0 Å². The fraction of sp³-hybridized carbons (Fsp3) is 0.250. The highest BCUT2D eigenvalue weighted by Crippen LogP contribution is 2.22. The third-order valence-corrected chi connectivity index (χ3v) is 3.45. The van der Waals surface area contributed by atoms with E-state index < -0.39 is 0 Å². The van der Waals surface area contributed by atoms with Crippen LogP contribution in [0.25, 0.3) is 11.1 Å². The molecule has 1 aromatic heterocycles. The van der Waals surface area contributed by atoms with Gasteiger partial charge in [0.1, 0.15) is 0 Å². The van der Waals surface area contributed by atoms with E-state index in [1.807, 2.05) is 19.1 Å². The van der Waals surface area contributed by atoms with Crippen LogP contribution in [0.1, 0.15) is 17.3 Å². The zero-order valence-corrected chi connectivity index (χ0v) is 12.5. The monoisotopic (exact) mass is 304 g/mol. The molecule has 1 N–H and O–H groups in total. The molecule has 4 nitrogen and oxygen atoms in total. The van der Waals surface area contributed by atoms with Gasteiger partial charge in [0, 0.05) is 36.1 Å². The Balaban J connectivity index is 2.28. The normalized spacial score (nSPS) is 10.4. The number of pyridine rings is 1. The first-order valence-corrected chi connectivity index (χ1v) is 7.14. The Hall–Kier alpha value is -1.91. The summed E-state index contributed by atoms with van der Waals surface area (Å²) in [4.78, 5) is 18.1. The summed E-state index contributed by atoms with van der Waals surface area (Å²) in [7, 11) is 0. The van der Waals surface area contributed by atoms with Gasteiger partial charge >= 0.3 is 0 Å². The molecule has 0 aliphatic heterocycles. The first-order valence-electron chi connectivity index (χ1n) is 6.76. The van der Waals surface area contributed by atoms with E-state index in [0.29, 0.717) is 23.7 Å². The largest absolute Gasteiger partial charge is 0.395 e. The van der Waals surface area contributed by atoms with Crippen LogP contribution in [-0.4, -0.2) is 40.6 Å². The van der Waals surface area contributed by atoms with Crippen LogP contribution in [0.4, 0.5) is 0 Å². The number of aliphatic hydroxyl groups excluding tert-OH is 1. The SMILES string of the molecule is CCN(CCO)C(=O)c1cncc(-c2ccc(Cl)cc2)c1. The van der Waals surface area contributed by atoms with Crippen LogP contribution in [0.2, 0.25) is 5.02 Å². The van der Waals surface area contributed by atoms with Crippen LogP contribution < -0.4 is 0 Å². The van der Waals surface area contributed by atoms with Gasteiger partial charge in [-0.2, -0.15) is 0 Å². The van der Waals surface area contributed by atoms with Crippen molar-refractivity contribution in [2.24, 2.45) is 0 Å². The molecule has 1 heterocycles. The molecule has 110 valence electrons. The van der Waals surface area contributed by atoms with Crippen molar-refractivity contribution in [1.29, 1.82) is 0 Å². The Morgan fingerprint density at radius 1 is 1.24 bits per heavy atom. The molecule has 0 fully saturated rings. The van der Waals surface area contributed by atoms with Crippen molar-refractivity contribution in [1.82, 2.24) is 9.88 Å². The van der Waals surface area contributed by atoms with Gasteiger partial charge < -0.3 is 10.0 Å². The molecule has 1 amide bonds. The number of halogens is 1. The molecule has 0 saturated heterocycles. The second-order valence-electron chi connectivity index (χ2n) is 4.58. The molecule has 0 spiro atoms. The molecule has 21 heavy (non-hydrogen) atoms. The van der Waals surface area contributed by atoms with Gasteiger partial charge in [0.25, 0.3) is 5.91 Å². The van der Waals surface area contributed by atoms with Crippen molar-refractivity contribution < 1.29 is 9.90 Å². The summed E-state index contributed by atoms with van der Waals surface area (Å²) < 4.78 is 0. The molecule has 0 aliphatic rings. The predicted octanol–water partition coefficient (Wildman–Crippen LogP) is 2.86. The van der Waals surface area contributed by atoms with Crippen molar-refractivity contribution in [2.75, 3.05) is 19.7 Å². The van der Waals surface area contributed by atoms with Crippen molar-refractivity contribution >= 4 is 17.5 Å². The highest BCUT2D eigenvalue weighted by molar-refractivity contribution is 6.30. The van der Waals surface area contributed by atoms with Crippen LogP contribution >= 0.6 is 11.6 Å². The maximum Gasteiger partial charge on any atom is 0.255 e. The highest BCUT2D eigenvalue weighted by atomic mass is 35.5. The lowest BCUT2D eigenvalue weighted by Crippen LogP contribution is -2.33. The van der Waals surface area contributed by atoms with Crippen molar-refractivity contribution in [2.45, 2.75) is 6.92 Å². The minimum atomic E-state index is -0.130. The summed E-state index contributed by atoms with van der Waals surface area (Å²) in [5, 5.41) is 9.67. The molecule has 0 radical (unpaired) electrons. The number of nitrogens with zero attached hydrogens (tertiary/aromatic N) is 2. The highest BCUT2D eigenvalue weighted by Gasteiger charge is 2.14. The summed E-state index contributed by atoms with van der Waals surface area (Å²) >= 11 is 5.88. The number of hydrogen-bond acceptors (Lipinski definition) is 3. The lowest BCUT2D eigenvalue weighted by molar-refractivity contribution is 0.0731. The number of carbonyl (C=O) groups excluding carboxylic acids is 1. The molecular formula is C16H17ClN2O2. The van der Waals surface area contributed by atoms with Crippen molar-refractivity contribution in [3.05, 3.63) is 53.3 Å². The van der Waals surface area contributed by atoms with E-state index in [1.54, 1.807) is 35.5 Å². The molecule has 0 aliphatic carbocycles. The summed E-state index contributed by atoms with van der Waals surface area (Å²) in [6.45, 7) is 2.69. The third-order valence-electron chi connectivity index (χ3n) is 3.20. The van der Waals surface area contributed by atoms with Gasteiger partial charge in [0.2, 0.25) is 0 Å². The Labute approximate surface area is 129 Å². The minimum Gasteiger partial charge on any atom is -0.395 e. The predicted molar refractivity (Wildman–Crippen MR) is 83.3 cm³/mol. The topological polar surface area (TPSA) is 53.4 Å². The van der Waals surface area contributed by atoms with E-state index in [2.05, 4.69) is 4.98 Å². The Morgan fingerprint density at radius 2 is 1.95 bits per heavy atom. The Bertz CT molecular complexity index is 614. The molecule has 0 saturated carbocycles. The van der Waals surface area contributed by atoms with Gasteiger partial charge in [-0.05, 0) is 30.7 Å². The number of aromatic nitrogens is 1. The lowest BCUT2D eigenvalue weighted by atomic mass is 10.1. The molecular weight excluding hydrogens is 288 g/mol. The summed E-state index contributed by atoms with van der Waals surface area (Å²) in [6.07, 6.45) is 3.25. The van der Waals surface area contributed by atoms with Crippen LogP contribution in [0.3, 0.4) is 0 Å². The number of likely N-dealkylation sites (N-methyl/N-ethyl adjacent to an activating group) is 1. The standard InChI is InChI=1S/C16H17ClN2O2/c1-2-19(7-8-20)16(21)14-9-13(10-18-11-14)12-3-5-15(17)6-4-12/h3-6,9-11,20H,2,7-8H2,1H3. The van der Waals surface area contributed by atoms with E-state index in [4.69, 9.17) is 16.7 Å². The summed E-state index contributed by atoms with van der Waals surface area (Å²) in [5.41, 5.74) is 2.32. The second kappa shape index (κ2) is 7.20. The maximum absolute atomic E-state index is 12.4. The summed E-state index contributed by atoms with van der Waals surface area (Å²) in [5.74, 6) is -0.130. The van der Waals surface area contributed by atoms with Crippen LogP contribution in [0.5, 0.6) is 0 Å². The molecule has 1 aromatic carbocycles. The number of aliphatic hydroxyl groups is 1. The van der Waals surface area contributed by atoms with E-state index in [-0.39, 0.29) is 12.5 Å². The van der Waals surface area contributed by atoms with E-state index in [0.717, 1.165) is 11.1 Å². The van der Waals surface area contributed by atoms with Crippen molar-refractivity contribution in [3.63, 3.8) is 0 Å². The molecule has 0 unspecified atom stereocenters. The van der Waals surface area contributed by atoms with Gasteiger partial charge in [0.05, 0.1) is 12.2 Å². The van der Waals surface area contributed by atoms with Crippen LogP contribution in [0, 0.1) is 0 Å². The van der Waals surface area contributed by atoms with E-state index in [1.165, 1.54) is 0 Å². The van der Waals surface area contributed by atoms with Gasteiger partial charge in [-0.25, -0.2) is 0 Å². The van der Waals surface area contributed by atoms with Gasteiger partial charge in [0.15, 0.2) is 0 Å². The minimum absolute atomic E-state index is 0.0517. The fourth-order valence-corrected chi connectivity index (χ4v) is 2.19. The first kappa shape index (κ1) is 15.5. The number of amides is 1. The molecule has 0 bridgehead atoms. The first-order chi connectivity index (χ1) is 10.2. The fourth-order valence-electron chi connectivity index (χ4n) is 2.06. The average molecular weight is 305 g/mol. The third kappa shape index (κ3) is 3.80. The molecule has 2 rings (SSSR count). The van der Waals surface area contributed by atoms with Crippen molar-refractivity contribution in [3.8, 4) is 11.1 Å². The van der Waals surface area contributed by atoms with Gasteiger partial charge in [-0.3, -0.25) is 9.78 Å². The number of hydrogen-bond donors (Lipinski definition) is 1. The Kier molecular flexibility index (Phi) is 5.31. The average Bonchev–Trinajstić information content (AvgIpc) is 2.53. The number of benzene rings is 1. The molecule has 5 heteroatoms. The van der Waals surface area contributed by atoms with E-state index >= 15 is 0 Å². The van der Waals surface area contributed by atoms with E-state index in [9.17, 15) is 4.79 Å². The molecule has 0 atom stereocenters. The van der Waals surface area contributed by atoms with Gasteiger partial charge in [-0.1, -0.05) is 23.7 Å².